The van der Waals surface area contributed by atoms with E-state index in [0.717, 1.165) is 0 Å². The van der Waals surface area contributed by atoms with Gasteiger partial charge in [-0.25, -0.2) is 9.78 Å². The zero-order valence-corrected chi connectivity index (χ0v) is 15.9. The van der Waals surface area contributed by atoms with E-state index in [4.69, 9.17) is 13.9 Å². The van der Waals surface area contributed by atoms with Crippen molar-refractivity contribution in [2.24, 2.45) is 0 Å². The average molecular weight is 397 g/mol. The lowest BCUT2D eigenvalue weighted by molar-refractivity contribution is -0.141. The van der Waals surface area contributed by atoms with Crippen LogP contribution in [0.2, 0.25) is 0 Å². The Labute approximate surface area is 165 Å². The summed E-state index contributed by atoms with van der Waals surface area (Å²) >= 11 is 0. The van der Waals surface area contributed by atoms with E-state index in [2.05, 4.69) is 9.97 Å². The molecule has 3 rings (SSSR count). The molecule has 0 fully saturated rings. The van der Waals surface area contributed by atoms with Gasteiger partial charge in [-0.1, -0.05) is 12.1 Å². The first-order valence-corrected chi connectivity index (χ1v) is 8.84. The third kappa shape index (κ3) is 4.57. The van der Waals surface area contributed by atoms with Crippen LogP contribution in [0.4, 0.5) is 0 Å². The minimum absolute atomic E-state index is 0.00580. The Bertz CT molecular complexity index is 1050. The fraction of sp³-hybridized carbons (Fsp3) is 0.250. The molecule has 0 radical (unpaired) electrons. The lowest BCUT2D eigenvalue weighted by Gasteiger charge is -2.12. The molecule has 9 heteroatoms. The molecule has 3 heterocycles. The maximum atomic E-state index is 12.3. The second-order valence-electron chi connectivity index (χ2n) is 5.99. The molecule has 3 aromatic heterocycles. The van der Waals surface area contributed by atoms with E-state index < -0.39 is 17.9 Å². The predicted octanol–water partition coefficient (Wildman–Crippen LogP) is 1.76. The third-order valence-corrected chi connectivity index (χ3v) is 4.10. The molecule has 3 aromatic rings. The SMILES string of the molecule is CCOC(=O)c1cnc(C(C(=O)OC)c2ccc(Cn3ccccc3=O)nc2)o1. The van der Waals surface area contributed by atoms with E-state index in [-0.39, 0.29) is 30.4 Å². The van der Waals surface area contributed by atoms with Crippen molar-refractivity contribution in [1.82, 2.24) is 14.5 Å². The number of hydrogen-bond donors (Lipinski definition) is 0. The minimum Gasteiger partial charge on any atom is -0.468 e. The van der Waals surface area contributed by atoms with Crippen LogP contribution in [-0.2, 0) is 20.8 Å². The highest BCUT2D eigenvalue weighted by Crippen LogP contribution is 2.26. The molecular formula is C20H19N3O6. The summed E-state index contributed by atoms with van der Waals surface area (Å²) in [6.07, 6.45) is 4.35. The molecule has 0 aliphatic carbocycles. The van der Waals surface area contributed by atoms with Gasteiger partial charge in [0.15, 0.2) is 5.92 Å². The summed E-state index contributed by atoms with van der Waals surface area (Å²) in [5, 5.41) is 0. The molecule has 29 heavy (non-hydrogen) atoms. The smallest absolute Gasteiger partial charge is 0.375 e. The molecule has 150 valence electrons. The van der Waals surface area contributed by atoms with Gasteiger partial charge >= 0.3 is 11.9 Å². The number of rotatable bonds is 7. The van der Waals surface area contributed by atoms with Crippen molar-refractivity contribution in [3.05, 3.63) is 82.2 Å². The molecule has 0 aliphatic heterocycles. The Morgan fingerprint density at radius 2 is 2.00 bits per heavy atom. The molecule has 0 aromatic carbocycles. The lowest BCUT2D eigenvalue weighted by atomic mass is 10.0. The van der Waals surface area contributed by atoms with Gasteiger partial charge < -0.3 is 18.5 Å². The standard InChI is InChI=1S/C20H19N3O6/c1-3-28-19(25)15-11-22-18(29-15)17(20(26)27-2)13-7-8-14(21-10-13)12-23-9-5-4-6-16(23)24/h4-11,17H,3,12H2,1-2H3. The van der Waals surface area contributed by atoms with E-state index in [0.29, 0.717) is 11.3 Å². The quantitative estimate of drug-likeness (QED) is 0.554. The van der Waals surface area contributed by atoms with E-state index in [9.17, 15) is 14.4 Å². The summed E-state index contributed by atoms with van der Waals surface area (Å²) in [6, 6.07) is 8.25. The van der Waals surface area contributed by atoms with Crippen molar-refractivity contribution in [1.29, 1.82) is 0 Å². The van der Waals surface area contributed by atoms with Gasteiger partial charge in [0.1, 0.15) is 0 Å². The van der Waals surface area contributed by atoms with Gasteiger partial charge in [-0.2, -0.15) is 0 Å². The topological polar surface area (TPSA) is 114 Å². The highest BCUT2D eigenvalue weighted by Gasteiger charge is 2.30. The Morgan fingerprint density at radius 1 is 1.17 bits per heavy atom. The Hall–Kier alpha value is -3.75. The van der Waals surface area contributed by atoms with Gasteiger partial charge in [-0.15, -0.1) is 0 Å². The second kappa shape index (κ2) is 8.96. The fourth-order valence-corrected chi connectivity index (χ4v) is 2.68. The van der Waals surface area contributed by atoms with Gasteiger partial charge in [0, 0.05) is 18.5 Å². The first kappa shape index (κ1) is 20.0. The van der Waals surface area contributed by atoms with E-state index >= 15 is 0 Å². The third-order valence-electron chi connectivity index (χ3n) is 4.10. The zero-order chi connectivity index (χ0) is 20.8. The average Bonchev–Trinajstić information content (AvgIpc) is 3.21. The monoisotopic (exact) mass is 397 g/mol. The summed E-state index contributed by atoms with van der Waals surface area (Å²) in [7, 11) is 1.24. The van der Waals surface area contributed by atoms with Crippen LogP contribution in [0.3, 0.4) is 0 Å². The van der Waals surface area contributed by atoms with Crippen molar-refractivity contribution < 1.29 is 23.5 Å². The highest BCUT2D eigenvalue weighted by atomic mass is 16.5. The largest absolute Gasteiger partial charge is 0.468 e. The predicted molar refractivity (Wildman–Crippen MR) is 100 cm³/mol. The van der Waals surface area contributed by atoms with Gasteiger partial charge in [0.2, 0.25) is 11.7 Å². The first-order chi connectivity index (χ1) is 14.0. The van der Waals surface area contributed by atoms with Crippen LogP contribution < -0.4 is 5.56 Å². The van der Waals surface area contributed by atoms with Gasteiger partial charge in [0.05, 0.1) is 32.2 Å². The van der Waals surface area contributed by atoms with Gasteiger partial charge in [-0.05, 0) is 24.6 Å². The molecule has 1 atom stereocenters. The fourth-order valence-electron chi connectivity index (χ4n) is 2.68. The van der Waals surface area contributed by atoms with Gasteiger partial charge in [0.25, 0.3) is 5.56 Å². The molecular weight excluding hydrogens is 378 g/mol. The summed E-state index contributed by atoms with van der Waals surface area (Å²) < 4.78 is 16.7. The first-order valence-electron chi connectivity index (χ1n) is 8.84. The summed E-state index contributed by atoms with van der Waals surface area (Å²) in [5.41, 5.74) is 0.959. The normalized spacial score (nSPS) is 11.7. The van der Waals surface area contributed by atoms with Crippen LogP contribution in [0, 0.1) is 0 Å². The Kier molecular flexibility index (Phi) is 6.18. The number of oxazole rings is 1. The molecule has 0 aliphatic rings. The van der Waals surface area contributed by atoms with Crippen molar-refractivity contribution in [3.63, 3.8) is 0 Å². The van der Waals surface area contributed by atoms with Crippen molar-refractivity contribution in [2.75, 3.05) is 13.7 Å². The Balaban J connectivity index is 1.86. The van der Waals surface area contributed by atoms with Crippen LogP contribution >= 0.6 is 0 Å². The molecule has 0 N–H and O–H groups in total. The van der Waals surface area contributed by atoms with Crippen molar-refractivity contribution in [3.8, 4) is 0 Å². The number of ether oxygens (including phenoxy) is 2. The van der Waals surface area contributed by atoms with Crippen LogP contribution in [-0.4, -0.2) is 40.2 Å². The van der Waals surface area contributed by atoms with Gasteiger partial charge in [-0.3, -0.25) is 14.6 Å². The number of methoxy groups -OCH3 is 1. The summed E-state index contributed by atoms with van der Waals surface area (Å²) in [4.78, 5) is 44.3. The summed E-state index contributed by atoms with van der Waals surface area (Å²) in [5.74, 6) is -2.39. The number of esters is 2. The second-order valence-corrected chi connectivity index (χ2v) is 5.99. The number of carbonyl (C=O) groups excluding carboxylic acids is 2. The number of hydrogen-bond acceptors (Lipinski definition) is 8. The zero-order valence-electron chi connectivity index (χ0n) is 15.9. The highest BCUT2D eigenvalue weighted by molar-refractivity contribution is 5.86. The minimum atomic E-state index is -0.996. The number of aromatic nitrogens is 3. The van der Waals surface area contributed by atoms with Crippen LogP contribution in [0.5, 0.6) is 0 Å². The van der Waals surface area contributed by atoms with Crippen molar-refractivity contribution in [2.45, 2.75) is 19.4 Å². The van der Waals surface area contributed by atoms with E-state index in [1.165, 1.54) is 30.1 Å². The van der Waals surface area contributed by atoms with Crippen LogP contribution in [0.15, 0.2) is 58.1 Å². The molecule has 0 amide bonds. The maximum absolute atomic E-state index is 12.3. The number of pyridine rings is 2. The number of carbonyl (C=O) groups is 2. The van der Waals surface area contributed by atoms with Crippen molar-refractivity contribution >= 4 is 11.9 Å². The molecule has 0 spiro atoms. The van der Waals surface area contributed by atoms with E-state index in [1.807, 2.05) is 0 Å². The molecule has 9 nitrogen and oxygen atoms in total. The lowest BCUT2D eigenvalue weighted by Crippen LogP contribution is -2.19. The maximum Gasteiger partial charge on any atom is 0.375 e. The molecule has 0 saturated heterocycles. The summed E-state index contributed by atoms with van der Waals surface area (Å²) in [6.45, 7) is 2.14. The molecule has 0 bridgehead atoms. The van der Waals surface area contributed by atoms with Crippen LogP contribution in [0.25, 0.3) is 0 Å². The Morgan fingerprint density at radius 3 is 2.66 bits per heavy atom. The van der Waals surface area contributed by atoms with E-state index in [1.54, 1.807) is 37.4 Å². The van der Waals surface area contributed by atoms with Crippen LogP contribution in [0.1, 0.15) is 40.5 Å². The molecule has 0 saturated carbocycles. The number of nitrogens with zero attached hydrogens (tertiary/aromatic N) is 3. The molecule has 1 unspecified atom stereocenters.